The summed E-state index contributed by atoms with van der Waals surface area (Å²) < 4.78 is 44.8. The van der Waals surface area contributed by atoms with Gasteiger partial charge in [-0.1, -0.05) is 35.8 Å². The van der Waals surface area contributed by atoms with Crippen LogP contribution < -0.4 is 10.8 Å². The SMILES string of the molecule is Cc1ccc(C)c(Cc2nc(COC(=O)CCCCCONO)nn2-c2ccc(S(N)(=O)=O)cc2F)c1. The van der Waals surface area contributed by atoms with Crippen LogP contribution in [0.25, 0.3) is 5.69 Å². The van der Waals surface area contributed by atoms with Crippen LogP contribution in [0, 0.1) is 19.7 Å². The largest absolute Gasteiger partial charge is 0.457 e. The molecular formula is C24H30FN5O6S. The van der Waals surface area contributed by atoms with Crippen molar-refractivity contribution in [2.24, 2.45) is 5.14 Å². The Kier molecular flexibility index (Phi) is 9.83. The number of carbonyl (C=O) groups excluding carboxylic acids is 1. The molecule has 11 nitrogen and oxygen atoms in total. The molecule has 0 aliphatic carbocycles. The fraction of sp³-hybridized carbons (Fsp3) is 0.375. The van der Waals surface area contributed by atoms with E-state index in [1.807, 2.05) is 32.0 Å². The number of aryl methyl sites for hydroxylation is 2. The second-order valence-electron chi connectivity index (χ2n) is 8.53. The molecule has 2 aromatic carbocycles. The number of unbranched alkanes of at least 4 members (excludes halogenated alkanes) is 2. The molecule has 0 radical (unpaired) electrons. The van der Waals surface area contributed by atoms with Crippen LogP contribution in [0.2, 0.25) is 0 Å². The summed E-state index contributed by atoms with van der Waals surface area (Å²) in [6.07, 6.45) is 2.44. The van der Waals surface area contributed by atoms with Crippen LogP contribution in [0.5, 0.6) is 0 Å². The lowest BCUT2D eigenvalue weighted by Crippen LogP contribution is -2.13. The molecule has 1 aromatic heterocycles. The minimum absolute atomic E-state index is 0.0163. The van der Waals surface area contributed by atoms with E-state index in [2.05, 4.69) is 14.9 Å². The summed E-state index contributed by atoms with van der Waals surface area (Å²) in [7, 11) is -4.08. The molecule has 3 rings (SSSR count). The third-order valence-electron chi connectivity index (χ3n) is 5.60. The van der Waals surface area contributed by atoms with Gasteiger partial charge in [0.15, 0.2) is 12.4 Å². The Morgan fingerprint density at radius 1 is 1.16 bits per heavy atom. The highest BCUT2D eigenvalue weighted by atomic mass is 32.2. The molecule has 0 saturated carbocycles. The number of nitrogens with one attached hydrogen (secondary N) is 1. The van der Waals surface area contributed by atoms with Gasteiger partial charge >= 0.3 is 5.97 Å². The number of hydrogen-bond donors (Lipinski definition) is 3. The summed E-state index contributed by atoms with van der Waals surface area (Å²) in [5.41, 5.74) is 4.59. The second-order valence-corrected chi connectivity index (χ2v) is 10.1. The summed E-state index contributed by atoms with van der Waals surface area (Å²) in [5, 5.41) is 17.8. The van der Waals surface area contributed by atoms with Crippen molar-refractivity contribution in [3.05, 3.63) is 70.6 Å². The highest BCUT2D eigenvalue weighted by Gasteiger charge is 2.19. The first-order valence-corrected chi connectivity index (χ1v) is 13.1. The average Bonchev–Trinajstić information content (AvgIpc) is 3.24. The number of rotatable bonds is 13. The Balaban J connectivity index is 1.81. The maximum absolute atomic E-state index is 15.0. The molecule has 4 N–H and O–H groups in total. The van der Waals surface area contributed by atoms with Crippen molar-refractivity contribution in [2.45, 2.75) is 57.5 Å². The van der Waals surface area contributed by atoms with Gasteiger partial charge in [0.05, 0.1) is 11.5 Å². The van der Waals surface area contributed by atoms with E-state index in [-0.39, 0.29) is 29.4 Å². The summed E-state index contributed by atoms with van der Waals surface area (Å²) >= 11 is 0. The second kappa shape index (κ2) is 12.8. The molecule has 3 aromatic rings. The smallest absolute Gasteiger partial charge is 0.306 e. The summed E-state index contributed by atoms with van der Waals surface area (Å²) in [4.78, 5) is 20.8. The molecular weight excluding hydrogens is 505 g/mol. The van der Waals surface area contributed by atoms with Crippen LogP contribution in [-0.4, -0.2) is 41.0 Å². The molecule has 13 heteroatoms. The molecule has 0 aliphatic rings. The number of benzene rings is 2. The normalized spacial score (nSPS) is 11.6. The number of carbonyl (C=O) groups is 1. The monoisotopic (exact) mass is 535 g/mol. The molecule has 1 heterocycles. The number of hydrogen-bond acceptors (Lipinski definition) is 9. The predicted octanol–water partition coefficient (Wildman–Crippen LogP) is 2.78. The molecule has 0 amide bonds. The standard InChI is InChI=1S/C24H30FN5O6S/c1-16-7-8-17(2)18(12-16)13-23-27-22(15-35-24(31)6-4-3-5-11-36-29-32)28-30(23)21-10-9-19(14-20(21)25)37(26,33)34/h7-10,12,14,29,32H,3-6,11,13,15H2,1-2H3,(H2,26,33,34). The van der Waals surface area contributed by atoms with E-state index in [0.29, 0.717) is 38.1 Å². The Hall–Kier alpha value is -3.23. The van der Waals surface area contributed by atoms with Crippen LogP contribution in [0.15, 0.2) is 41.3 Å². The first-order valence-electron chi connectivity index (χ1n) is 11.6. The fourth-order valence-electron chi connectivity index (χ4n) is 3.64. The molecule has 0 unspecified atom stereocenters. The zero-order valence-electron chi connectivity index (χ0n) is 20.6. The molecule has 0 atom stereocenters. The predicted molar refractivity (Wildman–Crippen MR) is 131 cm³/mol. The van der Waals surface area contributed by atoms with Crippen molar-refractivity contribution in [2.75, 3.05) is 6.61 Å². The van der Waals surface area contributed by atoms with E-state index in [1.54, 1.807) is 5.64 Å². The number of nitrogens with zero attached hydrogens (tertiary/aromatic N) is 3. The Morgan fingerprint density at radius 3 is 2.65 bits per heavy atom. The number of aromatic nitrogens is 3. The van der Waals surface area contributed by atoms with Gasteiger partial charge in [0.2, 0.25) is 10.0 Å². The zero-order chi connectivity index (χ0) is 27.0. The lowest BCUT2D eigenvalue weighted by Gasteiger charge is -2.10. The minimum atomic E-state index is -4.08. The lowest BCUT2D eigenvalue weighted by atomic mass is 10.0. The molecule has 0 bridgehead atoms. The minimum Gasteiger partial charge on any atom is -0.457 e. The number of esters is 1. The molecule has 0 fully saturated rings. The Morgan fingerprint density at radius 2 is 1.95 bits per heavy atom. The van der Waals surface area contributed by atoms with Gasteiger partial charge in [0.25, 0.3) is 0 Å². The topological polar surface area (TPSA) is 159 Å². The van der Waals surface area contributed by atoms with Gasteiger partial charge in [0.1, 0.15) is 17.3 Å². The first kappa shape index (κ1) is 28.3. The van der Waals surface area contributed by atoms with Gasteiger partial charge in [-0.2, -0.15) is 0 Å². The van der Waals surface area contributed by atoms with Crippen molar-refractivity contribution in [1.29, 1.82) is 0 Å². The van der Waals surface area contributed by atoms with Gasteiger partial charge in [-0.3, -0.25) is 14.8 Å². The van der Waals surface area contributed by atoms with Crippen molar-refractivity contribution in [3.63, 3.8) is 0 Å². The third kappa shape index (κ3) is 8.13. The van der Waals surface area contributed by atoms with Crippen molar-refractivity contribution in [1.82, 2.24) is 20.4 Å². The Labute approximate surface area is 214 Å². The highest BCUT2D eigenvalue weighted by Crippen LogP contribution is 2.22. The number of primary sulfonamides is 1. The molecule has 37 heavy (non-hydrogen) atoms. The van der Waals surface area contributed by atoms with Gasteiger partial charge < -0.3 is 4.74 Å². The third-order valence-corrected chi connectivity index (χ3v) is 6.51. The van der Waals surface area contributed by atoms with Gasteiger partial charge in [-0.25, -0.2) is 27.6 Å². The van der Waals surface area contributed by atoms with Crippen molar-refractivity contribution in [3.8, 4) is 5.69 Å². The first-order chi connectivity index (χ1) is 17.6. The van der Waals surface area contributed by atoms with E-state index in [9.17, 15) is 17.6 Å². The van der Waals surface area contributed by atoms with Crippen LogP contribution in [-0.2, 0) is 37.4 Å². The average molecular weight is 536 g/mol. The number of ether oxygens (including phenoxy) is 1. The molecule has 0 aliphatic heterocycles. The molecule has 200 valence electrons. The van der Waals surface area contributed by atoms with Crippen molar-refractivity contribution >= 4 is 16.0 Å². The van der Waals surface area contributed by atoms with Crippen LogP contribution in [0.3, 0.4) is 0 Å². The summed E-state index contributed by atoms with van der Waals surface area (Å²) in [6.45, 7) is 4.01. The molecule has 0 saturated heterocycles. The number of halogens is 1. The zero-order valence-corrected chi connectivity index (χ0v) is 21.4. The van der Waals surface area contributed by atoms with Crippen LogP contribution in [0.1, 0.15) is 54.0 Å². The Bertz CT molecular complexity index is 1350. The quantitative estimate of drug-likeness (QED) is 0.170. The van der Waals surface area contributed by atoms with Crippen LogP contribution >= 0.6 is 0 Å². The van der Waals surface area contributed by atoms with E-state index >= 15 is 0 Å². The van der Waals surface area contributed by atoms with E-state index in [1.165, 1.54) is 16.8 Å². The van der Waals surface area contributed by atoms with E-state index in [0.717, 1.165) is 22.8 Å². The highest BCUT2D eigenvalue weighted by molar-refractivity contribution is 7.89. The van der Waals surface area contributed by atoms with E-state index < -0.39 is 21.8 Å². The summed E-state index contributed by atoms with van der Waals surface area (Å²) in [5.74, 6) is -0.717. The fourth-order valence-corrected chi connectivity index (χ4v) is 4.17. The number of nitrogens with two attached hydrogens (primary N) is 1. The molecule has 0 spiro atoms. The van der Waals surface area contributed by atoms with Gasteiger partial charge in [-0.05, 0) is 56.0 Å². The lowest BCUT2D eigenvalue weighted by molar-refractivity contribution is -0.145. The van der Waals surface area contributed by atoms with Gasteiger partial charge in [-0.15, -0.1) is 5.10 Å². The van der Waals surface area contributed by atoms with Crippen LogP contribution in [0.4, 0.5) is 4.39 Å². The van der Waals surface area contributed by atoms with E-state index in [4.69, 9.17) is 15.1 Å². The van der Waals surface area contributed by atoms with Gasteiger partial charge in [0, 0.05) is 12.8 Å². The maximum atomic E-state index is 15.0. The maximum Gasteiger partial charge on any atom is 0.306 e. The summed E-state index contributed by atoms with van der Waals surface area (Å²) in [6, 6.07) is 9.24. The number of sulfonamides is 1. The van der Waals surface area contributed by atoms with Crippen molar-refractivity contribution < 1.29 is 32.4 Å².